The third-order valence-electron chi connectivity index (χ3n) is 3.53. The molecule has 2 rings (SSSR count). The fourth-order valence-electron chi connectivity index (χ4n) is 2.18. The number of ether oxygens (including phenoxy) is 1. The molecule has 0 fully saturated rings. The number of carboxylic acid groups (broad SMARTS) is 1. The number of rotatable bonds is 7. The Bertz CT molecular complexity index is 691. The van der Waals surface area contributed by atoms with Crippen LogP contribution in [0.5, 0.6) is 0 Å². The lowest BCUT2D eigenvalue weighted by Gasteiger charge is -2.06. The van der Waals surface area contributed by atoms with Crippen LogP contribution in [-0.2, 0) is 20.7 Å². The largest absolute Gasteiger partial charge is 0.481 e. The molecule has 0 saturated heterocycles. The molecule has 0 aromatic heterocycles. The molecular weight excluding hydrogens is 350 g/mol. The molecule has 140 valence electrons. The SMILES string of the molecule is COC(=O)[C@@H](N)CCSC.O=C(O)Cc1cccc(-c2ccccc2)c1. The van der Waals surface area contributed by atoms with Crippen LogP contribution >= 0.6 is 11.8 Å². The topological polar surface area (TPSA) is 89.6 Å². The van der Waals surface area contributed by atoms with Gasteiger partial charge in [-0.25, -0.2) is 0 Å². The van der Waals surface area contributed by atoms with Crippen molar-refractivity contribution in [3.63, 3.8) is 0 Å². The third-order valence-corrected chi connectivity index (χ3v) is 4.17. The van der Waals surface area contributed by atoms with Crippen LogP contribution in [-0.4, -0.2) is 42.2 Å². The molecule has 0 heterocycles. The Morgan fingerprint density at radius 2 is 1.77 bits per heavy atom. The second kappa shape index (κ2) is 12.1. The summed E-state index contributed by atoms with van der Waals surface area (Å²) in [5.74, 6) is -0.227. The number of nitrogens with two attached hydrogens (primary N) is 1. The number of benzene rings is 2. The summed E-state index contributed by atoms with van der Waals surface area (Å²) in [6.07, 6.45) is 2.73. The number of hydrogen-bond acceptors (Lipinski definition) is 5. The van der Waals surface area contributed by atoms with Crippen molar-refractivity contribution in [2.75, 3.05) is 19.1 Å². The molecule has 0 aliphatic rings. The molecule has 26 heavy (non-hydrogen) atoms. The lowest BCUT2D eigenvalue weighted by atomic mass is 10.0. The molecule has 6 heteroatoms. The zero-order valence-corrected chi connectivity index (χ0v) is 15.9. The Morgan fingerprint density at radius 3 is 2.35 bits per heavy atom. The van der Waals surface area contributed by atoms with Gasteiger partial charge >= 0.3 is 11.9 Å². The van der Waals surface area contributed by atoms with E-state index < -0.39 is 12.0 Å². The molecular formula is C20H25NO4S. The summed E-state index contributed by atoms with van der Waals surface area (Å²) in [6, 6.07) is 17.1. The standard InChI is InChI=1S/C14H12O2.C6H13NO2S/c15-14(16)10-11-5-4-8-13(9-11)12-6-2-1-3-7-12;1-9-6(8)5(7)3-4-10-2/h1-9H,10H2,(H,15,16);5H,3-4,7H2,1-2H3/t;5-/m.0/s1. The summed E-state index contributed by atoms with van der Waals surface area (Å²) in [6.45, 7) is 0. The van der Waals surface area contributed by atoms with E-state index in [0.29, 0.717) is 6.42 Å². The zero-order valence-electron chi connectivity index (χ0n) is 15.1. The minimum absolute atomic E-state index is 0.0701. The summed E-state index contributed by atoms with van der Waals surface area (Å²) in [4.78, 5) is 21.3. The lowest BCUT2D eigenvalue weighted by Crippen LogP contribution is -2.31. The van der Waals surface area contributed by atoms with E-state index in [1.54, 1.807) is 11.8 Å². The van der Waals surface area contributed by atoms with Gasteiger partial charge in [0.15, 0.2) is 0 Å². The average Bonchev–Trinajstić information content (AvgIpc) is 2.66. The van der Waals surface area contributed by atoms with Gasteiger partial charge in [0.1, 0.15) is 6.04 Å². The lowest BCUT2D eigenvalue weighted by molar-refractivity contribution is -0.142. The van der Waals surface area contributed by atoms with Crippen LogP contribution < -0.4 is 5.73 Å². The maximum Gasteiger partial charge on any atom is 0.322 e. The minimum Gasteiger partial charge on any atom is -0.481 e. The van der Waals surface area contributed by atoms with Crippen LogP contribution in [0.25, 0.3) is 11.1 Å². The van der Waals surface area contributed by atoms with Gasteiger partial charge in [-0.15, -0.1) is 0 Å². The number of methoxy groups -OCH3 is 1. The van der Waals surface area contributed by atoms with Gasteiger partial charge in [0.2, 0.25) is 0 Å². The minimum atomic E-state index is -0.801. The highest BCUT2D eigenvalue weighted by Gasteiger charge is 2.11. The van der Waals surface area contributed by atoms with Crippen LogP contribution in [0.2, 0.25) is 0 Å². The molecule has 3 N–H and O–H groups in total. The molecule has 0 radical (unpaired) electrons. The summed E-state index contributed by atoms with van der Waals surface area (Å²) in [5.41, 5.74) is 8.41. The van der Waals surface area contributed by atoms with Crippen LogP contribution in [0.3, 0.4) is 0 Å². The fourth-order valence-corrected chi connectivity index (χ4v) is 2.67. The van der Waals surface area contributed by atoms with Crippen molar-refractivity contribution in [3.8, 4) is 11.1 Å². The Hall–Kier alpha value is -2.31. The van der Waals surface area contributed by atoms with Crippen molar-refractivity contribution in [1.82, 2.24) is 0 Å². The number of hydrogen-bond donors (Lipinski definition) is 2. The summed E-state index contributed by atoms with van der Waals surface area (Å²) >= 11 is 1.67. The van der Waals surface area contributed by atoms with E-state index >= 15 is 0 Å². The van der Waals surface area contributed by atoms with Crippen LogP contribution in [0.1, 0.15) is 12.0 Å². The number of carbonyl (C=O) groups excluding carboxylic acids is 1. The molecule has 2 aromatic carbocycles. The van der Waals surface area contributed by atoms with Gasteiger partial charge in [-0.1, -0.05) is 54.6 Å². The van der Waals surface area contributed by atoms with E-state index in [-0.39, 0.29) is 12.4 Å². The van der Waals surface area contributed by atoms with E-state index in [4.69, 9.17) is 10.8 Å². The van der Waals surface area contributed by atoms with E-state index in [9.17, 15) is 9.59 Å². The highest BCUT2D eigenvalue weighted by molar-refractivity contribution is 7.98. The molecule has 0 unspecified atom stereocenters. The second-order valence-electron chi connectivity index (χ2n) is 5.55. The molecule has 0 amide bonds. The normalized spacial score (nSPS) is 11.0. The summed E-state index contributed by atoms with van der Waals surface area (Å²) < 4.78 is 4.44. The summed E-state index contributed by atoms with van der Waals surface area (Å²) in [7, 11) is 1.35. The van der Waals surface area contributed by atoms with E-state index in [0.717, 1.165) is 22.4 Å². The number of thioether (sulfide) groups is 1. The molecule has 1 atom stereocenters. The van der Waals surface area contributed by atoms with E-state index in [1.165, 1.54) is 7.11 Å². The molecule has 5 nitrogen and oxygen atoms in total. The molecule has 0 aliphatic carbocycles. The number of esters is 1. The Morgan fingerprint density at radius 1 is 1.12 bits per heavy atom. The highest BCUT2D eigenvalue weighted by atomic mass is 32.2. The van der Waals surface area contributed by atoms with Crippen molar-refractivity contribution in [1.29, 1.82) is 0 Å². The molecule has 0 saturated carbocycles. The molecule has 0 bridgehead atoms. The number of carboxylic acids is 1. The van der Waals surface area contributed by atoms with E-state index in [1.807, 2.05) is 60.9 Å². The maximum absolute atomic E-state index is 10.7. The second-order valence-corrected chi connectivity index (χ2v) is 6.53. The number of aliphatic carboxylic acids is 1. The smallest absolute Gasteiger partial charge is 0.322 e. The zero-order chi connectivity index (χ0) is 19.4. The summed E-state index contributed by atoms with van der Waals surface area (Å²) in [5, 5.41) is 8.73. The molecule has 0 spiro atoms. The predicted octanol–water partition coefficient (Wildman–Crippen LogP) is 3.22. The van der Waals surface area contributed by atoms with Crippen LogP contribution in [0.15, 0.2) is 54.6 Å². The van der Waals surface area contributed by atoms with Gasteiger partial charge in [0, 0.05) is 0 Å². The Labute approximate surface area is 158 Å². The van der Waals surface area contributed by atoms with Crippen molar-refractivity contribution in [3.05, 3.63) is 60.2 Å². The number of carbonyl (C=O) groups is 2. The maximum atomic E-state index is 10.7. The first kappa shape index (κ1) is 21.7. The van der Waals surface area contributed by atoms with Crippen LogP contribution in [0.4, 0.5) is 0 Å². The average molecular weight is 375 g/mol. The van der Waals surface area contributed by atoms with Crippen molar-refractivity contribution in [2.24, 2.45) is 5.73 Å². The van der Waals surface area contributed by atoms with Crippen molar-refractivity contribution in [2.45, 2.75) is 18.9 Å². The van der Waals surface area contributed by atoms with Crippen LogP contribution in [0, 0.1) is 0 Å². The van der Waals surface area contributed by atoms with Crippen molar-refractivity contribution < 1.29 is 19.4 Å². The quantitative estimate of drug-likeness (QED) is 0.722. The predicted molar refractivity (Wildman–Crippen MR) is 106 cm³/mol. The van der Waals surface area contributed by atoms with Gasteiger partial charge in [-0.05, 0) is 35.1 Å². The molecule has 0 aliphatic heterocycles. The fraction of sp³-hybridized carbons (Fsp3) is 0.300. The van der Waals surface area contributed by atoms with Gasteiger partial charge in [-0.2, -0.15) is 11.8 Å². The van der Waals surface area contributed by atoms with Gasteiger partial charge in [-0.3, -0.25) is 9.59 Å². The monoisotopic (exact) mass is 375 g/mol. The Balaban J connectivity index is 0.000000294. The van der Waals surface area contributed by atoms with Gasteiger partial charge in [0.05, 0.1) is 13.5 Å². The van der Waals surface area contributed by atoms with Crippen molar-refractivity contribution >= 4 is 23.7 Å². The first-order chi connectivity index (χ1) is 12.5. The Kier molecular flexibility index (Phi) is 10.1. The first-order valence-corrected chi connectivity index (χ1v) is 9.55. The first-order valence-electron chi connectivity index (χ1n) is 8.16. The molecule has 2 aromatic rings. The van der Waals surface area contributed by atoms with Gasteiger partial charge < -0.3 is 15.6 Å². The van der Waals surface area contributed by atoms with E-state index in [2.05, 4.69) is 4.74 Å². The third kappa shape index (κ3) is 8.18. The van der Waals surface area contributed by atoms with Gasteiger partial charge in [0.25, 0.3) is 0 Å². The highest BCUT2D eigenvalue weighted by Crippen LogP contribution is 2.20.